The van der Waals surface area contributed by atoms with Crippen LogP contribution in [0.2, 0.25) is 0 Å². The standard InChI is InChI=1S/C12H15F2N3O/c13-8-9-2-5-17(6-3-9)12(18)16-10-1-4-15-11(14)7-10/h1,4,7,9H,2-3,5-6,8H2,(H,15,16,18). The van der Waals surface area contributed by atoms with E-state index in [2.05, 4.69) is 10.3 Å². The number of hydrogen-bond acceptors (Lipinski definition) is 2. The van der Waals surface area contributed by atoms with E-state index >= 15 is 0 Å². The Hall–Kier alpha value is -1.72. The van der Waals surface area contributed by atoms with Gasteiger partial charge in [0.25, 0.3) is 0 Å². The molecule has 0 unspecified atom stereocenters. The third kappa shape index (κ3) is 3.15. The van der Waals surface area contributed by atoms with Gasteiger partial charge in [-0.15, -0.1) is 0 Å². The SMILES string of the molecule is O=C(Nc1ccnc(F)c1)N1CCC(CF)CC1. The van der Waals surface area contributed by atoms with Gasteiger partial charge in [0, 0.05) is 31.0 Å². The molecule has 1 saturated heterocycles. The molecule has 2 rings (SSSR count). The summed E-state index contributed by atoms with van der Waals surface area (Å²) in [5.74, 6) is -0.573. The van der Waals surface area contributed by atoms with Gasteiger partial charge < -0.3 is 10.2 Å². The number of aromatic nitrogens is 1. The zero-order valence-corrected chi connectivity index (χ0v) is 9.90. The molecule has 1 aliphatic rings. The highest BCUT2D eigenvalue weighted by atomic mass is 19.1. The van der Waals surface area contributed by atoms with Gasteiger partial charge in [0.2, 0.25) is 5.95 Å². The fourth-order valence-electron chi connectivity index (χ4n) is 1.97. The summed E-state index contributed by atoms with van der Waals surface area (Å²) >= 11 is 0. The van der Waals surface area contributed by atoms with Crippen LogP contribution in [0.5, 0.6) is 0 Å². The van der Waals surface area contributed by atoms with E-state index in [4.69, 9.17) is 0 Å². The summed E-state index contributed by atoms with van der Waals surface area (Å²) in [5.41, 5.74) is 0.375. The Bertz CT molecular complexity index is 420. The topological polar surface area (TPSA) is 45.2 Å². The maximum atomic E-state index is 12.8. The number of anilines is 1. The maximum Gasteiger partial charge on any atom is 0.321 e. The van der Waals surface area contributed by atoms with Crippen molar-refractivity contribution in [3.05, 3.63) is 24.3 Å². The smallest absolute Gasteiger partial charge is 0.321 e. The monoisotopic (exact) mass is 255 g/mol. The Morgan fingerprint density at radius 3 is 2.83 bits per heavy atom. The number of hydrogen-bond donors (Lipinski definition) is 1. The summed E-state index contributed by atoms with van der Waals surface area (Å²) in [6, 6.07) is 2.40. The number of carbonyl (C=O) groups excluding carboxylic acids is 1. The molecule has 4 nitrogen and oxygen atoms in total. The van der Waals surface area contributed by atoms with Crippen LogP contribution in [-0.2, 0) is 0 Å². The molecule has 1 N–H and O–H groups in total. The Morgan fingerprint density at radius 1 is 1.50 bits per heavy atom. The van der Waals surface area contributed by atoms with Gasteiger partial charge in [0.05, 0.1) is 6.67 Å². The molecule has 1 aromatic rings. The van der Waals surface area contributed by atoms with Crippen molar-refractivity contribution in [2.24, 2.45) is 5.92 Å². The average Bonchev–Trinajstić information content (AvgIpc) is 2.39. The van der Waals surface area contributed by atoms with Crippen LogP contribution in [0.1, 0.15) is 12.8 Å². The summed E-state index contributed by atoms with van der Waals surface area (Å²) in [5, 5.41) is 2.60. The van der Waals surface area contributed by atoms with Crippen LogP contribution < -0.4 is 5.32 Å². The number of piperidine rings is 1. The van der Waals surface area contributed by atoms with Crippen LogP contribution in [0.3, 0.4) is 0 Å². The number of pyridine rings is 1. The van der Waals surface area contributed by atoms with E-state index in [1.807, 2.05) is 0 Å². The largest absolute Gasteiger partial charge is 0.325 e. The highest BCUT2D eigenvalue weighted by Crippen LogP contribution is 2.18. The van der Waals surface area contributed by atoms with Crippen molar-refractivity contribution < 1.29 is 13.6 Å². The molecule has 1 aromatic heterocycles. The Balaban J connectivity index is 1.89. The first-order valence-corrected chi connectivity index (χ1v) is 5.92. The molecular formula is C12H15F2N3O. The highest BCUT2D eigenvalue weighted by molar-refractivity contribution is 5.89. The van der Waals surface area contributed by atoms with Gasteiger partial charge in [0.1, 0.15) is 0 Å². The molecule has 0 bridgehead atoms. The average molecular weight is 255 g/mol. The molecule has 0 aliphatic carbocycles. The van der Waals surface area contributed by atoms with Crippen LogP contribution >= 0.6 is 0 Å². The molecule has 18 heavy (non-hydrogen) atoms. The van der Waals surface area contributed by atoms with Gasteiger partial charge in [-0.3, -0.25) is 4.39 Å². The van der Waals surface area contributed by atoms with E-state index in [9.17, 15) is 13.6 Å². The predicted molar refractivity (Wildman–Crippen MR) is 63.5 cm³/mol. The number of nitrogens with zero attached hydrogens (tertiary/aromatic N) is 2. The molecule has 0 atom stereocenters. The van der Waals surface area contributed by atoms with Crippen molar-refractivity contribution >= 4 is 11.7 Å². The summed E-state index contributed by atoms with van der Waals surface area (Å²) in [4.78, 5) is 16.9. The molecule has 2 heterocycles. The maximum absolute atomic E-state index is 12.8. The van der Waals surface area contributed by atoms with Crippen molar-refractivity contribution in [2.45, 2.75) is 12.8 Å². The number of likely N-dealkylation sites (tertiary alicyclic amines) is 1. The summed E-state index contributed by atoms with van der Waals surface area (Å²) in [6.07, 6.45) is 2.64. The van der Waals surface area contributed by atoms with Gasteiger partial charge in [-0.1, -0.05) is 0 Å². The lowest BCUT2D eigenvalue weighted by molar-refractivity contribution is 0.171. The number of alkyl halides is 1. The third-order valence-corrected chi connectivity index (χ3v) is 3.10. The fraction of sp³-hybridized carbons (Fsp3) is 0.500. The number of urea groups is 1. The lowest BCUT2D eigenvalue weighted by Crippen LogP contribution is -2.41. The van der Waals surface area contributed by atoms with Gasteiger partial charge in [0.15, 0.2) is 0 Å². The van der Waals surface area contributed by atoms with E-state index in [0.717, 1.165) is 6.07 Å². The Labute approximate surface area is 104 Å². The normalized spacial score (nSPS) is 16.7. The van der Waals surface area contributed by atoms with Crippen molar-refractivity contribution in [3.8, 4) is 0 Å². The first-order valence-electron chi connectivity index (χ1n) is 5.92. The number of rotatable bonds is 2. The van der Waals surface area contributed by atoms with Gasteiger partial charge in [-0.05, 0) is 24.8 Å². The zero-order chi connectivity index (χ0) is 13.0. The summed E-state index contributed by atoms with van der Waals surface area (Å²) in [7, 11) is 0. The molecule has 0 aromatic carbocycles. The summed E-state index contributed by atoms with van der Waals surface area (Å²) in [6.45, 7) is 0.743. The van der Waals surface area contributed by atoms with Crippen molar-refractivity contribution in [2.75, 3.05) is 25.1 Å². The van der Waals surface area contributed by atoms with Gasteiger partial charge in [-0.2, -0.15) is 4.39 Å². The van der Waals surface area contributed by atoms with Crippen LogP contribution in [0.25, 0.3) is 0 Å². The zero-order valence-electron chi connectivity index (χ0n) is 9.90. The lowest BCUT2D eigenvalue weighted by Gasteiger charge is -2.30. The van der Waals surface area contributed by atoms with E-state index in [1.54, 1.807) is 4.90 Å². The molecule has 1 fully saturated rings. The van der Waals surface area contributed by atoms with E-state index in [-0.39, 0.29) is 18.6 Å². The molecule has 98 valence electrons. The quantitative estimate of drug-likeness (QED) is 0.825. The first kappa shape index (κ1) is 12.7. The molecule has 1 aliphatic heterocycles. The second-order valence-electron chi connectivity index (χ2n) is 4.38. The molecular weight excluding hydrogens is 240 g/mol. The first-order chi connectivity index (χ1) is 8.69. The lowest BCUT2D eigenvalue weighted by atomic mass is 9.99. The van der Waals surface area contributed by atoms with Crippen LogP contribution in [0.15, 0.2) is 18.3 Å². The van der Waals surface area contributed by atoms with E-state index in [0.29, 0.717) is 31.6 Å². The summed E-state index contributed by atoms with van der Waals surface area (Å²) < 4.78 is 25.3. The second-order valence-corrected chi connectivity index (χ2v) is 4.38. The minimum Gasteiger partial charge on any atom is -0.325 e. The van der Waals surface area contributed by atoms with E-state index < -0.39 is 5.95 Å². The number of halogens is 2. The van der Waals surface area contributed by atoms with Gasteiger partial charge in [-0.25, -0.2) is 9.78 Å². The molecule has 6 heteroatoms. The van der Waals surface area contributed by atoms with Crippen molar-refractivity contribution in [1.82, 2.24) is 9.88 Å². The second kappa shape index (κ2) is 5.75. The van der Waals surface area contributed by atoms with Crippen molar-refractivity contribution in [1.29, 1.82) is 0 Å². The van der Waals surface area contributed by atoms with Gasteiger partial charge >= 0.3 is 6.03 Å². The Kier molecular flexibility index (Phi) is 4.07. The number of amides is 2. The minimum absolute atomic E-state index is 0.0624. The third-order valence-electron chi connectivity index (χ3n) is 3.10. The van der Waals surface area contributed by atoms with Crippen LogP contribution in [0, 0.1) is 11.9 Å². The number of nitrogens with one attached hydrogen (secondary N) is 1. The Morgan fingerprint density at radius 2 is 2.22 bits per heavy atom. The minimum atomic E-state index is -0.635. The van der Waals surface area contributed by atoms with E-state index in [1.165, 1.54) is 12.3 Å². The molecule has 0 saturated carbocycles. The van der Waals surface area contributed by atoms with Crippen LogP contribution in [0.4, 0.5) is 19.3 Å². The van der Waals surface area contributed by atoms with Crippen LogP contribution in [-0.4, -0.2) is 35.7 Å². The molecule has 0 spiro atoms. The molecule has 2 amide bonds. The fourth-order valence-corrected chi connectivity index (χ4v) is 1.97. The predicted octanol–water partition coefficient (Wildman–Crippen LogP) is 2.43. The van der Waals surface area contributed by atoms with Crippen molar-refractivity contribution in [3.63, 3.8) is 0 Å². The molecule has 0 radical (unpaired) electrons. The highest BCUT2D eigenvalue weighted by Gasteiger charge is 2.22. The number of carbonyl (C=O) groups is 1.